The van der Waals surface area contributed by atoms with Crippen LogP contribution in [0.3, 0.4) is 0 Å². The Balaban J connectivity index is 2.20. The van der Waals surface area contributed by atoms with Gasteiger partial charge in [-0.05, 0) is 19.4 Å². The fraction of sp³-hybridized carbons (Fsp3) is 0.364. The zero-order valence-electron chi connectivity index (χ0n) is 9.87. The van der Waals surface area contributed by atoms with Crippen LogP contribution in [0.15, 0.2) is 18.2 Å². The highest BCUT2D eigenvalue weighted by molar-refractivity contribution is 5.77. The SMILES string of the molecule is CC(=O)CCCn1nnc2cc([N+](=O)[O-])ccc21. The lowest BCUT2D eigenvalue weighted by Gasteiger charge is -2.00. The minimum Gasteiger partial charge on any atom is -0.300 e. The zero-order valence-corrected chi connectivity index (χ0v) is 9.87. The number of aromatic nitrogens is 3. The van der Waals surface area contributed by atoms with Gasteiger partial charge in [-0.25, -0.2) is 4.68 Å². The van der Waals surface area contributed by atoms with Crippen LogP contribution in [-0.2, 0) is 11.3 Å². The second kappa shape index (κ2) is 4.91. The molecule has 0 radical (unpaired) electrons. The number of Topliss-reactive ketones (excluding diaryl/α,β-unsaturated/α-hetero) is 1. The van der Waals surface area contributed by atoms with Crippen LogP contribution in [-0.4, -0.2) is 25.7 Å². The maximum atomic E-state index is 10.8. The average Bonchev–Trinajstić information content (AvgIpc) is 2.71. The molecular weight excluding hydrogens is 236 g/mol. The van der Waals surface area contributed by atoms with Crippen LogP contribution in [0.5, 0.6) is 0 Å². The van der Waals surface area contributed by atoms with Crippen LogP contribution in [0.1, 0.15) is 19.8 Å². The van der Waals surface area contributed by atoms with Gasteiger partial charge in [0.15, 0.2) is 0 Å². The van der Waals surface area contributed by atoms with Crippen LogP contribution in [0.4, 0.5) is 5.69 Å². The Hall–Kier alpha value is -2.31. The van der Waals surface area contributed by atoms with Gasteiger partial charge in [0.25, 0.3) is 5.69 Å². The van der Waals surface area contributed by atoms with E-state index in [1.165, 1.54) is 12.1 Å². The van der Waals surface area contributed by atoms with E-state index in [1.807, 2.05) is 0 Å². The monoisotopic (exact) mass is 248 g/mol. The lowest BCUT2D eigenvalue weighted by Crippen LogP contribution is -2.02. The van der Waals surface area contributed by atoms with Gasteiger partial charge < -0.3 is 4.79 Å². The summed E-state index contributed by atoms with van der Waals surface area (Å²) in [6, 6.07) is 4.44. The van der Waals surface area contributed by atoms with Crippen LogP contribution in [0.2, 0.25) is 0 Å². The van der Waals surface area contributed by atoms with Crippen LogP contribution in [0, 0.1) is 10.1 Å². The van der Waals surface area contributed by atoms with E-state index >= 15 is 0 Å². The number of nitro benzene ring substituents is 1. The Morgan fingerprint density at radius 3 is 2.94 bits per heavy atom. The molecule has 94 valence electrons. The van der Waals surface area contributed by atoms with Gasteiger partial charge >= 0.3 is 0 Å². The van der Waals surface area contributed by atoms with E-state index in [4.69, 9.17) is 0 Å². The number of nitrogens with zero attached hydrogens (tertiary/aromatic N) is 4. The van der Waals surface area contributed by atoms with Crippen LogP contribution in [0.25, 0.3) is 11.0 Å². The smallest absolute Gasteiger partial charge is 0.271 e. The predicted octanol–water partition coefficient (Wildman–Crippen LogP) is 1.71. The van der Waals surface area contributed by atoms with Gasteiger partial charge in [-0.2, -0.15) is 0 Å². The Morgan fingerprint density at radius 2 is 2.28 bits per heavy atom. The summed E-state index contributed by atoms with van der Waals surface area (Å²) >= 11 is 0. The van der Waals surface area contributed by atoms with E-state index < -0.39 is 4.92 Å². The number of hydrogen-bond donors (Lipinski definition) is 0. The first-order chi connectivity index (χ1) is 8.58. The fourth-order valence-corrected chi connectivity index (χ4v) is 1.72. The van der Waals surface area contributed by atoms with Crippen molar-refractivity contribution < 1.29 is 9.72 Å². The van der Waals surface area contributed by atoms with Crippen molar-refractivity contribution in [3.8, 4) is 0 Å². The van der Waals surface area contributed by atoms with Gasteiger partial charge in [-0.15, -0.1) is 5.10 Å². The molecule has 0 N–H and O–H groups in total. The van der Waals surface area contributed by atoms with Crippen LogP contribution < -0.4 is 0 Å². The van der Waals surface area contributed by atoms with Crippen molar-refractivity contribution in [3.63, 3.8) is 0 Å². The summed E-state index contributed by atoms with van der Waals surface area (Å²) in [5, 5.41) is 18.4. The molecule has 1 aromatic heterocycles. The van der Waals surface area contributed by atoms with Crippen molar-refractivity contribution >= 4 is 22.5 Å². The Kier molecular flexibility index (Phi) is 3.31. The lowest BCUT2D eigenvalue weighted by molar-refractivity contribution is -0.384. The molecule has 0 aliphatic carbocycles. The number of hydrogen-bond acceptors (Lipinski definition) is 5. The highest BCUT2D eigenvalue weighted by atomic mass is 16.6. The number of fused-ring (bicyclic) bond motifs is 1. The topological polar surface area (TPSA) is 90.9 Å². The molecule has 0 bridgehead atoms. The van der Waals surface area contributed by atoms with Crippen molar-refractivity contribution in [1.82, 2.24) is 15.0 Å². The first-order valence-corrected chi connectivity index (χ1v) is 5.55. The second-order valence-electron chi connectivity index (χ2n) is 4.05. The van der Waals surface area contributed by atoms with Crippen molar-refractivity contribution in [3.05, 3.63) is 28.3 Å². The Labute approximate surface area is 103 Å². The molecule has 18 heavy (non-hydrogen) atoms. The quantitative estimate of drug-likeness (QED) is 0.593. The third-order valence-electron chi connectivity index (χ3n) is 2.61. The molecule has 7 heteroatoms. The van der Waals surface area contributed by atoms with Gasteiger partial charge in [-0.1, -0.05) is 5.21 Å². The minimum absolute atomic E-state index is 0.00159. The minimum atomic E-state index is -0.464. The van der Waals surface area contributed by atoms with E-state index in [0.29, 0.717) is 24.9 Å². The summed E-state index contributed by atoms with van der Waals surface area (Å²) < 4.78 is 1.65. The molecule has 2 aromatic rings. The van der Waals surface area contributed by atoms with E-state index in [9.17, 15) is 14.9 Å². The first-order valence-electron chi connectivity index (χ1n) is 5.55. The van der Waals surface area contributed by atoms with Gasteiger partial charge in [-0.3, -0.25) is 10.1 Å². The molecule has 1 heterocycles. The second-order valence-corrected chi connectivity index (χ2v) is 4.05. The van der Waals surface area contributed by atoms with Crippen molar-refractivity contribution in [1.29, 1.82) is 0 Å². The summed E-state index contributed by atoms with van der Waals surface area (Å²) in [7, 11) is 0. The van der Waals surface area contributed by atoms with Crippen LogP contribution >= 0.6 is 0 Å². The zero-order chi connectivity index (χ0) is 13.1. The number of carbonyl (C=O) groups is 1. The van der Waals surface area contributed by atoms with E-state index in [0.717, 1.165) is 5.52 Å². The molecule has 0 atom stereocenters. The number of nitro groups is 1. The number of non-ortho nitro benzene ring substituents is 1. The summed E-state index contributed by atoms with van der Waals surface area (Å²) in [5.41, 5.74) is 1.23. The number of rotatable bonds is 5. The fourth-order valence-electron chi connectivity index (χ4n) is 1.72. The van der Waals surface area contributed by atoms with E-state index in [-0.39, 0.29) is 11.5 Å². The first kappa shape index (κ1) is 12.2. The number of aryl methyl sites for hydroxylation is 1. The molecule has 2 rings (SSSR count). The van der Waals surface area contributed by atoms with Gasteiger partial charge in [0, 0.05) is 25.1 Å². The molecule has 0 unspecified atom stereocenters. The third kappa shape index (κ3) is 2.50. The summed E-state index contributed by atoms with van der Waals surface area (Å²) in [5.74, 6) is 0.134. The van der Waals surface area contributed by atoms with Gasteiger partial charge in [0.1, 0.15) is 11.3 Å². The third-order valence-corrected chi connectivity index (χ3v) is 2.61. The van der Waals surface area contributed by atoms with Crippen molar-refractivity contribution in [2.24, 2.45) is 0 Å². The Bertz CT molecular complexity index is 605. The molecule has 0 fully saturated rings. The average molecular weight is 248 g/mol. The summed E-state index contributed by atoms with van der Waals surface area (Å²) in [4.78, 5) is 21.0. The molecule has 0 aliphatic heterocycles. The van der Waals surface area contributed by atoms with Gasteiger partial charge in [0.05, 0.1) is 10.4 Å². The van der Waals surface area contributed by atoms with Gasteiger partial charge in [0.2, 0.25) is 0 Å². The van der Waals surface area contributed by atoms with E-state index in [1.54, 1.807) is 17.7 Å². The molecule has 0 saturated carbocycles. The molecule has 0 spiro atoms. The molecule has 0 aliphatic rings. The number of carbonyl (C=O) groups excluding carboxylic acids is 1. The molecular formula is C11H12N4O3. The number of benzene rings is 1. The molecule has 0 saturated heterocycles. The van der Waals surface area contributed by atoms with Crippen molar-refractivity contribution in [2.75, 3.05) is 0 Å². The maximum absolute atomic E-state index is 10.8. The lowest BCUT2D eigenvalue weighted by atomic mass is 10.2. The highest BCUT2D eigenvalue weighted by Gasteiger charge is 2.10. The highest BCUT2D eigenvalue weighted by Crippen LogP contribution is 2.18. The molecule has 7 nitrogen and oxygen atoms in total. The summed E-state index contributed by atoms with van der Waals surface area (Å²) in [6.45, 7) is 2.12. The molecule has 0 amide bonds. The molecule has 1 aromatic carbocycles. The predicted molar refractivity (Wildman–Crippen MR) is 64.1 cm³/mol. The van der Waals surface area contributed by atoms with E-state index in [2.05, 4.69) is 10.3 Å². The standard InChI is InChI=1S/C11H12N4O3/c1-8(16)3-2-6-14-11-5-4-9(15(17)18)7-10(11)12-13-14/h4-5,7H,2-3,6H2,1H3. The largest absolute Gasteiger partial charge is 0.300 e. The summed E-state index contributed by atoms with van der Waals surface area (Å²) in [6.07, 6.45) is 1.18. The number of ketones is 1. The normalized spacial score (nSPS) is 10.7. The maximum Gasteiger partial charge on any atom is 0.271 e. The Morgan fingerprint density at radius 1 is 1.50 bits per heavy atom. The van der Waals surface area contributed by atoms with Crippen molar-refractivity contribution in [2.45, 2.75) is 26.3 Å².